The number of nitrogens with one attached hydrogen (secondary N) is 3. The molecule has 1 aliphatic carbocycles. The topological polar surface area (TPSA) is 109 Å². The number of carbonyl (C=O) groups is 3. The fraction of sp³-hybridized carbons (Fsp3) is 0.304. The SMILES string of the molecule is COc1ccc(C=NNC(=O)C(=O)Nc2ccccc2C(=O)NC2CCCCC2)cc1. The first-order chi connectivity index (χ1) is 15.1. The summed E-state index contributed by atoms with van der Waals surface area (Å²) in [5.41, 5.74) is 3.50. The normalized spacial score (nSPS) is 14.1. The van der Waals surface area contributed by atoms with Gasteiger partial charge in [-0.25, -0.2) is 5.43 Å². The minimum absolute atomic E-state index is 0.139. The van der Waals surface area contributed by atoms with Crippen LogP contribution >= 0.6 is 0 Å². The van der Waals surface area contributed by atoms with Crippen molar-refractivity contribution >= 4 is 29.6 Å². The van der Waals surface area contributed by atoms with Crippen LogP contribution in [0.2, 0.25) is 0 Å². The maximum atomic E-state index is 12.7. The Labute approximate surface area is 181 Å². The third kappa shape index (κ3) is 6.40. The van der Waals surface area contributed by atoms with E-state index < -0.39 is 11.8 Å². The third-order valence-electron chi connectivity index (χ3n) is 5.06. The number of ether oxygens (including phenoxy) is 1. The Balaban J connectivity index is 1.57. The molecule has 0 spiro atoms. The first-order valence-electron chi connectivity index (χ1n) is 10.2. The number of hydrogen-bond acceptors (Lipinski definition) is 5. The lowest BCUT2D eigenvalue weighted by atomic mass is 9.95. The monoisotopic (exact) mass is 422 g/mol. The summed E-state index contributed by atoms with van der Waals surface area (Å²) in [6, 6.07) is 13.8. The molecule has 3 rings (SSSR count). The first kappa shape index (κ1) is 22.0. The van der Waals surface area contributed by atoms with Gasteiger partial charge in [-0.15, -0.1) is 0 Å². The van der Waals surface area contributed by atoms with Crippen LogP contribution in [0.15, 0.2) is 53.6 Å². The molecule has 2 aromatic carbocycles. The molecule has 0 saturated heterocycles. The van der Waals surface area contributed by atoms with Gasteiger partial charge in [0.15, 0.2) is 0 Å². The number of hydrogen-bond donors (Lipinski definition) is 3. The van der Waals surface area contributed by atoms with Crippen LogP contribution < -0.4 is 20.8 Å². The molecule has 1 saturated carbocycles. The first-order valence-corrected chi connectivity index (χ1v) is 10.2. The second kappa shape index (κ2) is 10.9. The molecule has 31 heavy (non-hydrogen) atoms. The van der Waals surface area contributed by atoms with Crippen molar-refractivity contribution in [3.8, 4) is 5.75 Å². The Hall–Kier alpha value is -3.68. The molecule has 8 heteroatoms. The predicted octanol–water partition coefficient (Wildman–Crippen LogP) is 2.85. The standard InChI is InChI=1S/C23H26N4O4/c1-31-18-13-11-16(12-14-18)15-24-27-23(30)22(29)26-20-10-6-5-9-19(20)21(28)25-17-7-3-2-4-8-17/h5-6,9-15,17H,2-4,7-8H2,1H3,(H,25,28)(H,26,29)(H,27,30). The minimum atomic E-state index is -0.938. The summed E-state index contributed by atoms with van der Waals surface area (Å²) in [5.74, 6) is -1.41. The Morgan fingerprint density at radius 1 is 0.968 bits per heavy atom. The lowest BCUT2D eigenvalue weighted by molar-refractivity contribution is -0.136. The second-order valence-electron chi connectivity index (χ2n) is 7.28. The summed E-state index contributed by atoms with van der Waals surface area (Å²) in [5, 5.41) is 9.29. The summed E-state index contributed by atoms with van der Waals surface area (Å²) in [6.45, 7) is 0. The Morgan fingerprint density at radius 2 is 1.68 bits per heavy atom. The van der Waals surface area contributed by atoms with Crippen LogP contribution in [0.3, 0.4) is 0 Å². The van der Waals surface area contributed by atoms with Gasteiger partial charge in [-0.05, 0) is 54.8 Å². The maximum Gasteiger partial charge on any atom is 0.329 e. The zero-order valence-corrected chi connectivity index (χ0v) is 17.4. The van der Waals surface area contributed by atoms with Crippen molar-refractivity contribution < 1.29 is 19.1 Å². The van der Waals surface area contributed by atoms with Gasteiger partial charge in [0.05, 0.1) is 24.6 Å². The molecule has 3 amide bonds. The number of para-hydroxylation sites is 1. The molecule has 0 aliphatic heterocycles. The highest BCUT2D eigenvalue weighted by molar-refractivity contribution is 6.40. The van der Waals surface area contributed by atoms with Crippen LogP contribution in [0.5, 0.6) is 5.75 Å². The Bertz CT molecular complexity index is 950. The number of methoxy groups -OCH3 is 1. The van der Waals surface area contributed by atoms with Gasteiger partial charge < -0.3 is 15.4 Å². The Morgan fingerprint density at radius 3 is 2.39 bits per heavy atom. The van der Waals surface area contributed by atoms with Gasteiger partial charge in [0.2, 0.25) is 0 Å². The van der Waals surface area contributed by atoms with Gasteiger partial charge in [-0.2, -0.15) is 5.10 Å². The highest BCUT2D eigenvalue weighted by Crippen LogP contribution is 2.20. The molecule has 0 radical (unpaired) electrons. The van der Waals surface area contributed by atoms with Gasteiger partial charge >= 0.3 is 11.8 Å². The average molecular weight is 422 g/mol. The molecule has 3 N–H and O–H groups in total. The van der Waals surface area contributed by atoms with Gasteiger partial charge in [0, 0.05) is 6.04 Å². The highest BCUT2D eigenvalue weighted by atomic mass is 16.5. The number of carbonyl (C=O) groups excluding carboxylic acids is 3. The number of nitrogens with zero attached hydrogens (tertiary/aromatic N) is 1. The van der Waals surface area contributed by atoms with E-state index in [1.165, 1.54) is 12.6 Å². The molecule has 0 unspecified atom stereocenters. The summed E-state index contributed by atoms with van der Waals surface area (Å²) in [4.78, 5) is 37.0. The smallest absolute Gasteiger partial charge is 0.329 e. The molecule has 162 valence electrons. The van der Waals surface area contributed by atoms with E-state index in [4.69, 9.17) is 4.74 Å². The fourth-order valence-corrected chi connectivity index (χ4v) is 3.39. The number of anilines is 1. The molecule has 1 fully saturated rings. The summed E-state index contributed by atoms with van der Waals surface area (Å²) in [7, 11) is 1.57. The van der Waals surface area contributed by atoms with E-state index in [1.54, 1.807) is 55.6 Å². The molecule has 0 heterocycles. The summed E-state index contributed by atoms with van der Waals surface area (Å²) >= 11 is 0. The average Bonchev–Trinajstić information content (AvgIpc) is 2.80. The minimum Gasteiger partial charge on any atom is -0.497 e. The summed E-state index contributed by atoms with van der Waals surface area (Å²) in [6.07, 6.45) is 6.70. The number of rotatable bonds is 6. The van der Waals surface area contributed by atoms with Gasteiger partial charge in [0.1, 0.15) is 5.75 Å². The third-order valence-corrected chi connectivity index (χ3v) is 5.06. The number of benzene rings is 2. The molecule has 0 bridgehead atoms. The van der Waals surface area contributed by atoms with E-state index in [2.05, 4.69) is 21.2 Å². The van der Waals surface area contributed by atoms with Crippen LogP contribution in [0, 0.1) is 0 Å². The van der Waals surface area contributed by atoms with Crippen LogP contribution in [-0.4, -0.2) is 37.1 Å². The lowest BCUT2D eigenvalue weighted by Gasteiger charge is -2.23. The van der Waals surface area contributed by atoms with Crippen LogP contribution in [0.1, 0.15) is 48.0 Å². The van der Waals surface area contributed by atoms with Crippen molar-refractivity contribution in [2.24, 2.45) is 5.10 Å². The molecular weight excluding hydrogens is 396 g/mol. The zero-order chi connectivity index (χ0) is 22.1. The molecule has 1 aliphatic rings. The highest BCUT2D eigenvalue weighted by Gasteiger charge is 2.20. The second-order valence-corrected chi connectivity index (χ2v) is 7.28. The summed E-state index contributed by atoms with van der Waals surface area (Å²) < 4.78 is 5.07. The van der Waals surface area contributed by atoms with E-state index in [-0.39, 0.29) is 17.6 Å². The van der Waals surface area contributed by atoms with Gasteiger partial charge in [-0.1, -0.05) is 31.4 Å². The largest absolute Gasteiger partial charge is 0.497 e. The number of amides is 3. The zero-order valence-electron chi connectivity index (χ0n) is 17.4. The molecule has 0 atom stereocenters. The molecule has 2 aromatic rings. The van der Waals surface area contributed by atoms with Gasteiger partial charge in [-0.3, -0.25) is 14.4 Å². The van der Waals surface area contributed by atoms with Crippen molar-refractivity contribution in [3.63, 3.8) is 0 Å². The maximum absolute atomic E-state index is 12.7. The molecule has 8 nitrogen and oxygen atoms in total. The predicted molar refractivity (Wildman–Crippen MR) is 118 cm³/mol. The van der Waals surface area contributed by atoms with Crippen LogP contribution in [-0.2, 0) is 9.59 Å². The quantitative estimate of drug-likeness (QED) is 0.378. The Kier molecular flexibility index (Phi) is 7.75. The van der Waals surface area contributed by atoms with Crippen molar-refractivity contribution in [1.82, 2.24) is 10.7 Å². The van der Waals surface area contributed by atoms with Crippen LogP contribution in [0.25, 0.3) is 0 Å². The number of hydrazone groups is 1. The van der Waals surface area contributed by atoms with Crippen LogP contribution in [0.4, 0.5) is 5.69 Å². The van der Waals surface area contributed by atoms with Crippen molar-refractivity contribution in [2.45, 2.75) is 38.1 Å². The van der Waals surface area contributed by atoms with Crippen molar-refractivity contribution in [1.29, 1.82) is 0 Å². The van der Waals surface area contributed by atoms with Gasteiger partial charge in [0.25, 0.3) is 5.91 Å². The lowest BCUT2D eigenvalue weighted by Crippen LogP contribution is -2.37. The van der Waals surface area contributed by atoms with E-state index >= 15 is 0 Å². The molecule has 0 aromatic heterocycles. The molecular formula is C23H26N4O4. The van der Waals surface area contributed by atoms with E-state index in [9.17, 15) is 14.4 Å². The fourth-order valence-electron chi connectivity index (χ4n) is 3.39. The van der Waals surface area contributed by atoms with E-state index in [0.717, 1.165) is 31.2 Å². The van der Waals surface area contributed by atoms with E-state index in [1.807, 2.05) is 0 Å². The van der Waals surface area contributed by atoms with Crippen molar-refractivity contribution in [2.75, 3.05) is 12.4 Å². The van der Waals surface area contributed by atoms with Crippen molar-refractivity contribution in [3.05, 3.63) is 59.7 Å². The van der Waals surface area contributed by atoms with E-state index in [0.29, 0.717) is 11.3 Å².